The van der Waals surface area contributed by atoms with Crippen LogP contribution < -0.4 is 5.32 Å². The number of hydrogen-bond acceptors (Lipinski definition) is 1. The molecule has 2 aromatic rings. The number of benzene rings is 1. The van der Waals surface area contributed by atoms with Gasteiger partial charge in [0.05, 0.1) is 5.52 Å². The molecule has 0 bridgehead atoms. The molecular weight excluding hydrogens is 232 g/mol. The molecule has 1 fully saturated rings. The smallest absolute Gasteiger partial charge is 0.0515 e. The Balaban J connectivity index is 1.85. The van der Waals surface area contributed by atoms with E-state index in [0.29, 0.717) is 6.04 Å². The maximum Gasteiger partial charge on any atom is 0.0515 e. The van der Waals surface area contributed by atoms with Crippen molar-refractivity contribution in [3.8, 4) is 0 Å². The summed E-state index contributed by atoms with van der Waals surface area (Å²) in [5.41, 5.74) is 6.01. The van der Waals surface area contributed by atoms with Crippen molar-refractivity contribution in [2.75, 3.05) is 6.54 Å². The minimum atomic E-state index is 0.583. The third-order valence-electron chi connectivity index (χ3n) is 4.84. The van der Waals surface area contributed by atoms with Crippen molar-refractivity contribution in [3.05, 3.63) is 35.0 Å². The average molecular weight is 254 g/mol. The van der Waals surface area contributed by atoms with Gasteiger partial charge in [0.2, 0.25) is 0 Å². The topological polar surface area (TPSA) is 17.0 Å². The lowest BCUT2D eigenvalue weighted by molar-refractivity contribution is 0.412. The number of piperidine rings is 1. The van der Waals surface area contributed by atoms with E-state index in [-0.39, 0.29) is 0 Å². The van der Waals surface area contributed by atoms with Crippen molar-refractivity contribution in [2.45, 2.75) is 51.6 Å². The summed E-state index contributed by atoms with van der Waals surface area (Å²) in [5.74, 6) is 0. The highest BCUT2D eigenvalue weighted by molar-refractivity contribution is 5.86. The zero-order valence-electron chi connectivity index (χ0n) is 11.7. The van der Waals surface area contributed by atoms with Gasteiger partial charge in [0.25, 0.3) is 0 Å². The largest absolute Gasteiger partial charge is 0.345 e. The average Bonchev–Trinajstić information content (AvgIpc) is 2.78. The van der Waals surface area contributed by atoms with Gasteiger partial charge in [-0.2, -0.15) is 0 Å². The number of aryl methyl sites for hydroxylation is 3. The van der Waals surface area contributed by atoms with Crippen LogP contribution >= 0.6 is 0 Å². The van der Waals surface area contributed by atoms with Crippen LogP contribution in [0.3, 0.4) is 0 Å². The van der Waals surface area contributed by atoms with Gasteiger partial charge in [-0.25, -0.2) is 0 Å². The fourth-order valence-corrected chi connectivity index (χ4v) is 3.91. The molecule has 0 saturated carbocycles. The molecule has 19 heavy (non-hydrogen) atoms. The van der Waals surface area contributed by atoms with Crippen molar-refractivity contribution in [1.82, 2.24) is 9.88 Å². The van der Waals surface area contributed by atoms with E-state index >= 15 is 0 Å². The Morgan fingerprint density at radius 3 is 2.95 bits per heavy atom. The van der Waals surface area contributed by atoms with Gasteiger partial charge in [-0.3, -0.25) is 0 Å². The van der Waals surface area contributed by atoms with Crippen molar-refractivity contribution in [2.24, 2.45) is 0 Å². The van der Waals surface area contributed by atoms with E-state index in [1.807, 2.05) is 0 Å². The van der Waals surface area contributed by atoms with E-state index in [1.165, 1.54) is 67.4 Å². The third-order valence-corrected chi connectivity index (χ3v) is 4.84. The third kappa shape index (κ3) is 1.81. The predicted molar refractivity (Wildman–Crippen MR) is 79.6 cm³/mol. The molecule has 2 nitrogen and oxygen atoms in total. The lowest BCUT2D eigenvalue weighted by Gasteiger charge is -2.25. The minimum Gasteiger partial charge on any atom is -0.345 e. The zero-order chi connectivity index (χ0) is 12.8. The molecule has 1 atom stereocenters. The molecular formula is C17H22N2. The normalized spacial score (nSPS) is 22.9. The summed E-state index contributed by atoms with van der Waals surface area (Å²) in [6.45, 7) is 4.62. The molecule has 0 radical (unpaired) electrons. The van der Waals surface area contributed by atoms with E-state index in [0.717, 1.165) is 0 Å². The molecule has 2 aliphatic heterocycles. The molecule has 1 aromatic heterocycles. The van der Waals surface area contributed by atoms with Crippen LogP contribution in [-0.4, -0.2) is 11.1 Å². The van der Waals surface area contributed by atoms with Crippen LogP contribution in [0.4, 0.5) is 0 Å². The molecule has 2 aliphatic rings. The van der Waals surface area contributed by atoms with Crippen LogP contribution in [0.25, 0.3) is 10.9 Å². The van der Waals surface area contributed by atoms with E-state index in [9.17, 15) is 0 Å². The summed E-state index contributed by atoms with van der Waals surface area (Å²) >= 11 is 0. The van der Waals surface area contributed by atoms with Gasteiger partial charge in [0, 0.05) is 23.7 Å². The Labute approximate surface area is 114 Å². The Bertz CT molecular complexity index is 618. The maximum atomic E-state index is 3.68. The second-order valence-corrected chi connectivity index (χ2v) is 6.16. The molecule has 3 heterocycles. The molecule has 1 saturated heterocycles. The highest BCUT2D eigenvalue weighted by Crippen LogP contribution is 2.33. The SMILES string of the molecule is Cc1cc2cc(C3CCCCN3)cc3c2n1CCC3. The van der Waals surface area contributed by atoms with Crippen LogP contribution in [0.1, 0.15) is 48.5 Å². The summed E-state index contributed by atoms with van der Waals surface area (Å²) < 4.78 is 2.51. The van der Waals surface area contributed by atoms with Gasteiger partial charge >= 0.3 is 0 Å². The van der Waals surface area contributed by atoms with Crippen LogP contribution in [0.2, 0.25) is 0 Å². The van der Waals surface area contributed by atoms with Crippen molar-refractivity contribution < 1.29 is 0 Å². The Morgan fingerprint density at radius 1 is 1.16 bits per heavy atom. The zero-order valence-corrected chi connectivity index (χ0v) is 11.7. The first-order valence-electron chi connectivity index (χ1n) is 7.69. The van der Waals surface area contributed by atoms with E-state index < -0.39 is 0 Å². The monoisotopic (exact) mass is 254 g/mol. The van der Waals surface area contributed by atoms with Gasteiger partial charge < -0.3 is 9.88 Å². The maximum absolute atomic E-state index is 3.68. The summed E-state index contributed by atoms with van der Waals surface area (Å²) in [7, 11) is 0. The summed E-state index contributed by atoms with van der Waals surface area (Å²) in [4.78, 5) is 0. The van der Waals surface area contributed by atoms with Crippen LogP contribution in [0, 0.1) is 6.92 Å². The fourth-order valence-electron chi connectivity index (χ4n) is 3.91. The summed E-state index contributed by atoms with van der Waals surface area (Å²) in [6, 6.07) is 7.85. The van der Waals surface area contributed by atoms with Crippen LogP contribution in [-0.2, 0) is 13.0 Å². The molecule has 100 valence electrons. The first-order valence-corrected chi connectivity index (χ1v) is 7.69. The standard InChI is InChI=1S/C17H22N2/c1-12-9-15-11-14(16-6-2-3-7-18-16)10-13-5-4-8-19(12)17(13)15/h9-11,16,18H,2-8H2,1H3. The number of nitrogens with one attached hydrogen (secondary N) is 1. The Hall–Kier alpha value is -1.28. The lowest BCUT2D eigenvalue weighted by atomic mass is 9.93. The van der Waals surface area contributed by atoms with Gasteiger partial charge in [-0.15, -0.1) is 0 Å². The highest BCUT2D eigenvalue weighted by Gasteiger charge is 2.20. The molecule has 0 amide bonds. The number of rotatable bonds is 1. The van der Waals surface area contributed by atoms with E-state index in [1.54, 1.807) is 5.56 Å². The Morgan fingerprint density at radius 2 is 2.11 bits per heavy atom. The lowest BCUT2D eigenvalue weighted by Crippen LogP contribution is -2.26. The van der Waals surface area contributed by atoms with E-state index in [2.05, 4.69) is 35.0 Å². The number of hydrogen-bond donors (Lipinski definition) is 1. The molecule has 1 N–H and O–H groups in total. The van der Waals surface area contributed by atoms with Gasteiger partial charge in [-0.1, -0.05) is 12.5 Å². The predicted octanol–water partition coefficient (Wildman–Crippen LogP) is 3.71. The quantitative estimate of drug-likeness (QED) is 0.821. The summed E-state index contributed by atoms with van der Waals surface area (Å²) in [5, 5.41) is 5.14. The number of aromatic nitrogens is 1. The first kappa shape index (κ1) is 11.5. The second kappa shape index (κ2) is 4.38. The van der Waals surface area contributed by atoms with Crippen LogP contribution in [0.15, 0.2) is 18.2 Å². The highest BCUT2D eigenvalue weighted by atomic mass is 15.0. The molecule has 4 rings (SSSR count). The Kier molecular flexibility index (Phi) is 2.66. The second-order valence-electron chi connectivity index (χ2n) is 6.16. The van der Waals surface area contributed by atoms with Gasteiger partial charge in [0.15, 0.2) is 0 Å². The molecule has 0 spiro atoms. The van der Waals surface area contributed by atoms with Crippen molar-refractivity contribution in [3.63, 3.8) is 0 Å². The number of nitrogens with zero attached hydrogens (tertiary/aromatic N) is 1. The van der Waals surface area contributed by atoms with Gasteiger partial charge in [0.1, 0.15) is 0 Å². The fraction of sp³-hybridized carbons (Fsp3) is 0.529. The molecule has 2 heteroatoms. The summed E-state index contributed by atoms with van der Waals surface area (Å²) in [6.07, 6.45) is 6.54. The molecule has 0 aliphatic carbocycles. The minimum absolute atomic E-state index is 0.583. The van der Waals surface area contributed by atoms with Crippen molar-refractivity contribution in [1.29, 1.82) is 0 Å². The van der Waals surface area contributed by atoms with Gasteiger partial charge in [-0.05, 0) is 62.4 Å². The first-order chi connectivity index (χ1) is 9.33. The van der Waals surface area contributed by atoms with E-state index in [4.69, 9.17) is 0 Å². The van der Waals surface area contributed by atoms with Crippen molar-refractivity contribution >= 4 is 10.9 Å². The molecule has 1 aromatic carbocycles. The van der Waals surface area contributed by atoms with Crippen LogP contribution in [0.5, 0.6) is 0 Å². The molecule has 1 unspecified atom stereocenters.